The molecule has 0 spiro atoms. The van der Waals surface area contributed by atoms with E-state index in [1.165, 1.54) is 30.4 Å². The van der Waals surface area contributed by atoms with Gasteiger partial charge in [0.05, 0.1) is 12.0 Å². The molecule has 3 rings (SSSR count). The summed E-state index contributed by atoms with van der Waals surface area (Å²) < 4.78 is 36.6. The summed E-state index contributed by atoms with van der Waals surface area (Å²) in [7, 11) is 1.32. The zero-order valence-electron chi connectivity index (χ0n) is 16.7. The molecule has 6 nitrogen and oxygen atoms in total. The molecule has 1 saturated heterocycles. The van der Waals surface area contributed by atoms with Gasteiger partial charge in [-0.1, -0.05) is 12.1 Å². The van der Waals surface area contributed by atoms with Crippen molar-refractivity contribution in [1.29, 1.82) is 0 Å². The van der Waals surface area contributed by atoms with Crippen molar-refractivity contribution in [2.24, 2.45) is 0 Å². The summed E-state index contributed by atoms with van der Waals surface area (Å²) >= 11 is 0. The molecule has 1 unspecified atom stereocenters. The van der Waals surface area contributed by atoms with Crippen molar-refractivity contribution >= 4 is 10.0 Å². The Hall–Kier alpha value is -2.09. The predicted octanol–water partition coefficient (Wildman–Crippen LogP) is 3.16. The van der Waals surface area contributed by atoms with Crippen molar-refractivity contribution in [3.63, 3.8) is 0 Å². The second-order valence-electron chi connectivity index (χ2n) is 7.08. The maximum absolute atomic E-state index is 12.1. The van der Waals surface area contributed by atoms with Crippen LogP contribution in [0, 0.1) is 0 Å². The van der Waals surface area contributed by atoms with Gasteiger partial charge in [-0.3, -0.25) is 4.90 Å². The quantitative estimate of drug-likeness (QED) is 0.676. The number of methoxy groups -OCH3 is 1. The Morgan fingerprint density at radius 1 is 1.11 bits per heavy atom. The highest BCUT2D eigenvalue weighted by Crippen LogP contribution is 2.33. The lowest BCUT2D eigenvalue weighted by molar-refractivity contribution is 0.197. The molecule has 1 fully saturated rings. The topological polar surface area (TPSA) is 59.1 Å². The third-order valence-electron chi connectivity index (χ3n) is 5.09. The number of nitrogens with zero attached hydrogens (tertiary/aromatic N) is 2. The number of ether oxygens (including phenoxy) is 2. The van der Waals surface area contributed by atoms with Crippen molar-refractivity contribution in [2.45, 2.75) is 23.8 Å². The third-order valence-corrected chi connectivity index (χ3v) is 6.92. The molecular formula is C21H28N2O4S. The van der Waals surface area contributed by atoms with Gasteiger partial charge in [-0.2, -0.15) is 0 Å². The van der Waals surface area contributed by atoms with Crippen molar-refractivity contribution in [3.8, 4) is 11.5 Å². The first-order valence-corrected chi connectivity index (χ1v) is 10.9. The van der Waals surface area contributed by atoms with Crippen molar-refractivity contribution in [2.75, 3.05) is 40.9 Å². The summed E-state index contributed by atoms with van der Waals surface area (Å²) in [5.41, 5.74) is 1.27. The zero-order valence-corrected chi connectivity index (χ0v) is 17.5. The highest BCUT2D eigenvalue weighted by atomic mass is 32.2. The van der Waals surface area contributed by atoms with E-state index in [1.54, 1.807) is 31.4 Å². The van der Waals surface area contributed by atoms with E-state index >= 15 is 0 Å². The minimum atomic E-state index is -3.41. The van der Waals surface area contributed by atoms with Gasteiger partial charge >= 0.3 is 0 Å². The van der Waals surface area contributed by atoms with E-state index in [-0.39, 0.29) is 4.90 Å². The van der Waals surface area contributed by atoms with E-state index in [0.29, 0.717) is 18.4 Å². The fourth-order valence-electron chi connectivity index (χ4n) is 3.52. The summed E-state index contributed by atoms with van der Waals surface area (Å²) in [4.78, 5) is 2.70. The van der Waals surface area contributed by atoms with Crippen LogP contribution >= 0.6 is 0 Å². The smallest absolute Gasteiger partial charge is 0.242 e. The first-order valence-electron chi connectivity index (χ1n) is 9.45. The maximum Gasteiger partial charge on any atom is 0.242 e. The molecule has 0 saturated carbocycles. The van der Waals surface area contributed by atoms with Crippen LogP contribution in [0.3, 0.4) is 0 Å². The Kier molecular flexibility index (Phi) is 6.59. The number of rotatable bonds is 8. The van der Waals surface area contributed by atoms with Crippen LogP contribution in [-0.4, -0.2) is 58.5 Å². The van der Waals surface area contributed by atoms with E-state index < -0.39 is 10.0 Å². The Bertz CT molecular complexity index is 882. The second kappa shape index (κ2) is 8.94. The molecule has 0 radical (unpaired) electrons. The standard InChI is InChI=1S/C21H28N2O4S/c1-22(2)28(24,25)20-11-9-18(10-12-20)27-15-14-23-13-5-8-21(23)17-6-4-7-19(16-17)26-3/h4,6-7,9-12,16,21H,5,8,13-15H2,1-3H3. The van der Waals surface area contributed by atoms with Gasteiger partial charge in [0.1, 0.15) is 18.1 Å². The minimum absolute atomic E-state index is 0.266. The van der Waals surface area contributed by atoms with Gasteiger partial charge < -0.3 is 9.47 Å². The maximum atomic E-state index is 12.1. The van der Waals surface area contributed by atoms with Crippen LogP contribution in [0.25, 0.3) is 0 Å². The summed E-state index contributed by atoms with van der Waals surface area (Å²) in [6.45, 7) is 2.42. The van der Waals surface area contributed by atoms with E-state index in [4.69, 9.17) is 9.47 Å². The number of hydrogen-bond acceptors (Lipinski definition) is 5. The van der Waals surface area contributed by atoms with Gasteiger partial charge in [0, 0.05) is 26.7 Å². The van der Waals surface area contributed by atoms with Crippen LogP contribution in [0.1, 0.15) is 24.4 Å². The molecule has 1 heterocycles. The molecule has 0 N–H and O–H groups in total. The molecule has 0 amide bonds. The molecule has 152 valence electrons. The molecule has 28 heavy (non-hydrogen) atoms. The lowest BCUT2D eigenvalue weighted by atomic mass is 10.0. The lowest BCUT2D eigenvalue weighted by Gasteiger charge is -2.25. The summed E-state index contributed by atoms with van der Waals surface area (Å²) in [6.07, 6.45) is 2.29. The largest absolute Gasteiger partial charge is 0.497 e. The van der Waals surface area contributed by atoms with Gasteiger partial charge in [-0.25, -0.2) is 12.7 Å². The van der Waals surface area contributed by atoms with Crippen molar-refractivity contribution in [1.82, 2.24) is 9.21 Å². The predicted molar refractivity (Wildman–Crippen MR) is 109 cm³/mol. The molecule has 2 aromatic rings. The molecule has 0 aromatic heterocycles. The highest BCUT2D eigenvalue weighted by Gasteiger charge is 2.26. The van der Waals surface area contributed by atoms with Gasteiger partial charge in [0.15, 0.2) is 0 Å². The molecule has 0 aliphatic carbocycles. The van der Waals surface area contributed by atoms with Gasteiger partial charge in [-0.05, 0) is 61.3 Å². The average molecular weight is 405 g/mol. The Balaban J connectivity index is 1.57. The van der Waals surface area contributed by atoms with Crippen molar-refractivity contribution in [3.05, 3.63) is 54.1 Å². The molecule has 7 heteroatoms. The van der Waals surface area contributed by atoms with Crippen LogP contribution < -0.4 is 9.47 Å². The normalized spacial score (nSPS) is 17.8. The second-order valence-corrected chi connectivity index (χ2v) is 9.23. The third kappa shape index (κ3) is 4.66. The zero-order chi connectivity index (χ0) is 20.1. The van der Waals surface area contributed by atoms with E-state index in [0.717, 1.165) is 25.3 Å². The number of sulfonamides is 1. The van der Waals surface area contributed by atoms with Crippen LogP contribution in [0.5, 0.6) is 11.5 Å². The first kappa shape index (κ1) is 20.6. The summed E-state index contributed by atoms with van der Waals surface area (Å²) in [5, 5.41) is 0. The molecule has 2 aromatic carbocycles. The lowest BCUT2D eigenvalue weighted by Crippen LogP contribution is -2.28. The Morgan fingerprint density at radius 3 is 2.54 bits per heavy atom. The Morgan fingerprint density at radius 2 is 1.86 bits per heavy atom. The van der Waals surface area contributed by atoms with Crippen molar-refractivity contribution < 1.29 is 17.9 Å². The number of benzene rings is 2. The van der Waals surface area contributed by atoms with Gasteiger partial charge in [0.25, 0.3) is 0 Å². The van der Waals surface area contributed by atoms with Gasteiger partial charge in [-0.15, -0.1) is 0 Å². The highest BCUT2D eigenvalue weighted by molar-refractivity contribution is 7.89. The monoisotopic (exact) mass is 404 g/mol. The fraction of sp³-hybridized carbons (Fsp3) is 0.429. The molecule has 1 aliphatic rings. The van der Waals surface area contributed by atoms with E-state index in [9.17, 15) is 8.42 Å². The number of hydrogen-bond donors (Lipinski definition) is 0. The SMILES string of the molecule is COc1cccc(C2CCCN2CCOc2ccc(S(=O)(=O)N(C)C)cc2)c1. The van der Waals surface area contributed by atoms with Crippen LogP contribution in [0.2, 0.25) is 0 Å². The number of likely N-dealkylation sites (tertiary alicyclic amines) is 1. The molecule has 1 aliphatic heterocycles. The van der Waals surface area contributed by atoms with E-state index in [2.05, 4.69) is 17.0 Å². The van der Waals surface area contributed by atoms with Gasteiger partial charge in [0.2, 0.25) is 10.0 Å². The summed E-state index contributed by atoms with van der Waals surface area (Å²) in [6, 6.07) is 15.2. The van der Waals surface area contributed by atoms with Crippen LogP contribution in [-0.2, 0) is 10.0 Å². The van der Waals surface area contributed by atoms with Crippen LogP contribution in [0.15, 0.2) is 53.4 Å². The molecule has 1 atom stereocenters. The fourth-order valence-corrected chi connectivity index (χ4v) is 4.42. The minimum Gasteiger partial charge on any atom is -0.497 e. The first-order chi connectivity index (χ1) is 13.4. The average Bonchev–Trinajstić information content (AvgIpc) is 3.17. The summed E-state index contributed by atoms with van der Waals surface area (Å²) in [5.74, 6) is 1.56. The Labute approximate surface area is 167 Å². The van der Waals surface area contributed by atoms with E-state index in [1.807, 2.05) is 12.1 Å². The molecule has 0 bridgehead atoms. The van der Waals surface area contributed by atoms with Crippen LogP contribution in [0.4, 0.5) is 0 Å². The molecular weight excluding hydrogens is 376 g/mol.